The maximum Gasteiger partial charge on any atom is 0.139 e. The lowest BCUT2D eigenvalue weighted by Crippen LogP contribution is -2.20. The van der Waals surface area contributed by atoms with Crippen LogP contribution in [0.2, 0.25) is 0 Å². The zero-order chi connectivity index (χ0) is 10.7. The Morgan fingerprint density at radius 3 is 3.00 bits per heavy atom. The minimum atomic E-state index is 0.406. The second-order valence-electron chi connectivity index (χ2n) is 4.66. The van der Waals surface area contributed by atoms with Crippen LogP contribution >= 0.6 is 0 Å². The molecule has 2 heterocycles. The molecular formula is C12H20N2O. The predicted molar refractivity (Wildman–Crippen MR) is 59.8 cm³/mol. The van der Waals surface area contributed by atoms with Crippen molar-refractivity contribution in [3.05, 3.63) is 17.5 Å². The third-order valence-corrected chi connectivity index (χ3v) is 3.03. The maximum atomic E-state index is 5.33. The van der Waals surface area contributed by atoms with Crippen LogP contribution in [0, 0.1) is 0 Å². The summed E-state index contributed by atoms with van der Waals surface area (Å²) < 4.78 is 5.33. The first-order valence-corrected chi connectivity index (χ1v) is 5.97. The summed E-state index contributed by atoms with van der Waals surface area (Å²) in [6, 6.07) is 2.51. The molecule has 1 N–H and O–H groups in total. The van der Waals surface area contributed by atoms with E-state index in [0.29, 0.717) is 12.0 Å². The van der Waals surface area contributed by atoms with Crippen LogP contribution < -0.4 is 5.32 Å². The van der Waals surface area contributed by atoms with Crippen molar-refractivity contribution in [3.63, 3.8) is 0 Å². The maximum absolute atomic E-state index is 5.33. The van der Waals surface area contributed by atoms with E-state index in [0.717, 1.165) is 18.0 Å². The molecule has 15 heavy (non-hydrogen) atoms. The molecule has 0 bridgehead atoms. The van der Waals surface area contributed by atoms with Crippen LogP contribution in [0.3, 0.4) is 0 Å². The lowest BCUT2D eigenvalue weighted by Gasteiger charge is -2.11. The van der Waals surface area contributed by atoms with Gasteiger partial charge in [0.25, 0.3) is 0 Å². The minimum Gasteiger partial charge on any atom is -0.361 e. The second-order valence-corrected chi connectivity index (χ2v) is 4.66. The summed E-state index contributed by atoms with van der Waals surface area (Å²) in [6.45, 7) is 5.37. The predicted octanol–water partition coefficient (Wildman–Crippen LogP) is 3.00. The van der Waals surface area contributed by atoms with Gasteiger partial charge in [-0.2, -0.15) is 0 Å². The molecule has 1 aliphatic rings. The third-order valence-electron chi connectivity index (χ3n) is 3.03. The molecule has 2 rings (SSSR count). The summed E-state index contributed by atoms with van der Waals surface area (Å²) in [5.74, 6) is 1.42. The van der Waals surface area contributed by atoms with Crippen molar-refractivity contribution in [2.75, 3.05) is 6.54 Å². The van der Waals surface area contributed by atoms with Crippen LogP contribution in [-0.2, 0) is 0 Å². The van der Waals surface area contributed by atoms with E-state index in [4.69, 9.17) is 4.52 Å². The number of nitrogens with zero attached hydrogens (tertiary/aromatic N) is 1. The Labute approximate surface area is 91.2 Å². The highest BCUT2D eigenvalue weighted by molar-refractivity contribution is 5.12. The van der Waals surface area contributed by atoms with Gasteiger partial charge in [-0.15, -0.1) is 0 Å². The average molecular weight is 208 g/mol. The van der Waals surface area contributed by atoms with Gasteiger partial charge in [-0.25, -0.2) is 0 Å². The summed E-state index contributed by atoms with van der Waals surface area (Å²) in [5.41, 5.74) is 1.08. The van der Waals surface area contributed by atoms with Gasteiger partial charge in [0.1, 0.15) is 11.5 Å². The fourth-order valence-electron chi connectivity index (χ4n) is 2.02. The number of nitrogens with one attached hydrogen (secondary N) is 1. The van der Waals surface area contributed by atoms with Crippen molar-refractivity contribution in [1.29, 1.82) is 0 Å². The van der Waals surface area contributed by atoms with Crippen molar-refractivity contribution in [1.82, 2.24) is 10.5 Å². The molecule has 3 heteroatoms. The smallest absolute Gasteiger partial charge is 0.139 e. The van der Waals surface area contributed by atoms with Crippen LogP contribution in [-0.4, -0.2) is 11.7 Å². The molecule has 1 aromatic heterocycles. The fraction of sp³-hybridized carbons (Fsp3) is 0.750. The van der Waals surface area contributed by atoms with Gasteiger partial charge in [0.2, 0.25) is 0 Å². The molecule has 0 aliphatic carbocycles. The zero-order valence-electron chi connectivity index (χ0n) is 9.62. The highest BCUT2D eigenvalue weighted by Gasteiger charge is 2.18. The lowest BCUT2D eigenvalue weighted by molar-refractivity contribution is 0.356. The zero-order valence-corrected chi connectivity index (χ0v) is 9.62. The topological polar surface area (TPSA) is 38.1 Å². The van der Waals surface area contributed by atoms with Gasteiger partial charge < -0.3 is 9.84 Å². The Morgan fingerprint density at radius 2 is 2.27 bits per heavy atom. The van der Waals surface area contributed by atoms with Gasteiger partial charge in [0.15, 0.2) is 0 Å². The third kappa shape index (κ3) is 2.59. The Hall–Kier alpha value is -0.830. The number of aromatic nitrogens is 1. The quantitative estimate of drug-likeness (QED) is 0.812. The molecular weight excluding hydrogens is 188 g/mol. The molecule has 84 valence electrons. The van der Waals surface area contributed by atoms with E-state index in [1.54, 1.807) is 0 Å². The molecule has 1 unspecified atom stereocenters. The van der Waals surface area contributed by atoms with Gasteiger partial charge in [0, 0.05) is 12.0 Å². The fourth-order valence-corrected chi connectivity index (χ4v) is 2.02. The first-order chi connectivity index (χ1) is 7.27. The molecule has 0 saturated carbocycles. The van der Waals surface area contributed by atoms with Gasteiger partial charge in [-0.1, -0.05) is 31.8 Å². The normalized spacial score (nSPS) is 23.0. The molecule has 0 spiro atoms. The van der Waals surface area contributed by atoms with Crippen molar-refractivity contribution >= 4 is 0 Å². The largest absolute Gasteiger partial charge is 0.361 e. The standard InChI is InChI=1S/C12H20N2O/c1-9(2)12-8-11(14-15-12)10-6-4-3-5-7-13-10/h8-10,13H,3-7H2,1-2H3. The van der Waals surface area contributed by atoms with Crippen LogP contribution in [0.4, 0.5) is 0 Å². The Balaban J connectivity index is 2.06. The number of hydrogen-bond acceptors (Lipinski definition) is 3. The monoisotopic (exact) mass is 208 g/mol. The Morgan fingerprint density at radius 1 is 1.40 bits per heavy atom. The summed E-state index contributed by atoms with van der Waals surface area (Å²) >= 11 is 0. The van der Waals surface area contributed by atoms with E-state index in [9.17, 15) is 0 Å². The molecule has 1 saturated heterocycles. The molecule has 0 aromatic carbocycles. The average Bonchev–Trinajstić information content (AvgIpc) is 2.55. The van der Waals surface area contributed by atoms with Crippen LogP contribution in [0.1, 0.15) is 62.9 Å². The molecule has 1 atom stereocenters. The molecule has 1 aliphatic heterocycles. The van der Waals surface area contributed by atoms with Gasteiger partial charge in [0.05, 0.1) is 6.04 Å². The van der Waals surface area contributed by atoms with Crippen LogP contribution in [0.5, 0.6) is 0 Å². The molecule has 3 nitrogen and oxygen atoms in total. The molecule has 0 radical (unpaired) electrons. The van der Waals surface area contributed by atoms with Gasteiger partial charge in [-0.05, 0) is 19.4 Å². The molecule has 0 amide bonds. The van der Waals surface area contributed by atoms with Crippen molar-refractivity contribution in [3.8, 4) is 0 Å². The van der Waals surface area contributed by atoms with Crippen molar-refractivity contribution in [2.24, 2.45) is 0 Å². The van der Waals surface area contributed by atoms with Crippen LogP contribution in [0.25, 0.3) is 0 Å². The summed E-state index contributed by atoms with van der Waals surface area (Å²) in [6.07, 6.45) is 5.09. The van der Waals surface area contributed by atoms with E-state index < -0.39 is 0 Å². The van der Waals surface area contributed by atoms with Gasteiger partial charge >= 0.3 is 0 Å². The highest BCUT2D eigenvalue weighted by Crippen LogP contribution is 2.24. The molecule has 1 fully saturated rings. The van der Waals surface area contributed by atoms with Crippen LogP contribution in [0.15, 0.2) is 10.6 Å². The Bertz CT molecular complexity index is 298. The van der Waals surface area contributed by atoms with Crippen molar-refractivity contribution in [2.45, 2.75) is 51.5 Å². The highest BCUT2D eigenvalue weighted by atomic mass is 16.5. The van der Waals surface area contributed by atoms with Gasteiger partial charge in [-0.3, -0.25) is 0 Å². The SMILES string of the molecule is CC(C)c1cc(C2CCCCCN2)no1. The van der Waals surface area contributed by atoms with E-state index in [1.807, 2.05) is 0 Å². The lowest BCUT2D eigenvalue weighted by atomic mass is 10.1. The van der Waals surface area contributed by atoms with Crippen molar-refractivity contribution < 1.29 is 4.52 Å². The Kier molecular flexibility index (Phi) is 3.41. The second kappa shape index (κ2) is 4.79. The van der Waals surface area contributed by atoms with E-state index in [2.05, 4.69) is 30.4 Å². The number of hydrogen-bond donors (Lipinski definition) is 1. The van der Waals surface area contributed by atoms with E-state index in [1.165, 1.54) is 25.7 Å². The van der Waals surface area contributed by atoms with E-state index >= 15 is 0 Å². The summed E-state index contributed by atoms with van der Waals surface area (Å²) in [4.78, 5) is 0. The summed E-state index contributed by atoms with van der Waals surface area (Å²) in [5, 5.41) is 7.69. The molecule has 1 aromatic rings. The summed E-state index contributed by atoms with van der Waals surface area (Å²) in [7, 11) is 0. The number of rotatable bonds is 2. The first kappa shape index (κ1) is 10.7. The minimum absolute atomic E-state index is 0.406. The first-order valence-electron chi connectivity index (χ1n) is 5.97. The van der Waals surface area contributed by atoms with E-state index in [-0.39, 0.29) is 0 Å².